The van der Waals surface area contributed by atoms with Gasteiger partial charge in [-0.15, -0.1) is 11.3 Å². The van der Waals surface area contributed by atoms with E-state index in [1.54, 1.807) is 11.3 Å². The summed E-state index contributed by atoms with van der Waals surface area (Å²) >= 11 is 1.77. The highest BCUT2D eigenvalue weighted by atomic mass is 32.1. The Morgan fingerprint density at radius 2 is 0.849 bits per heavy atom. The molecular weight excluding hydrogens is 665 g/mol. The lowest BCUT2D eigenvalue weighted by molar-refractivity contribution is 1.13. The van der Waals surface area contributed by atoms with Crippen LogP contribution in [0.3, 0.4) is 0 Å². The first kappa shape index (κ1) is 29.9. The lowest BCUT2D eigenvalue weighted by Gasteiger charge is -2.16. The fourth-order valence-corrected chi connectivity index (χ4v) is 8.97. The molecular formula is C48H30N4S. The number of hydrogen-bond donors (Lipinski definition) is 0. The van der Waals surface area contributed by atoms with Crippen LogP contribution in [0.25, 0.3) is 98.3 Å². The van der Waals surface area contributed by atoms with E-state index < -0.39 is 0 Å². The van der Waals surface area contributed by atoms with Gasteiger partial charge in [0.15, 0.2) is 5.82 Å². The minimum atomic E-state index is 0.705. The summed E-state index contributed by atoms with van der Waals surface area (Å²) in [5, 5.41) is 6.13. The molecule has 5 heteroatoms. The summed E-state index contributed by atoms with van der Waals surface area (Å²) in [6.45, 7) is 0. The Kier molecular flexibility index (Phi) is 6.69. The Balaban J connectivity index is 1.23. The van der Waals surface area contributed by atoms with Gasteiger partial charge in [-0.3, -0.25) is 0 Å². The largest absolute Gasteiger partial charge is 0.309 e. The fraction of sp³-hybridized carbons (Fsp3) is 0. The van der Waals surface area contributed by atoms with Crippen molar-refractivity contribution in [3.63, 3.8) is 0 Å². The van der Waals surface area contributed by atoms with Crippen molar-refractivity contribution >= 4 is 65.0 Å². The van der Waals surface area contributed by atoms with E-state index in [0.29, 0.717) is 5.82 Å². The Morgan fingerprint density at radius 1 is 0.377 bits per heavy atom. The van der Waals surface area contributed by atoms with Gasteiger partial charge in [-0.05, 0) is 66.0 Å². The molecule has 0 aliphatic rings. The number of thiophene rings is 1. The summed E-state index contributed by atoms with van der Waals surface area (Å²) in [4.78, 5) is 11.6. The SMILES string of the molecule is c1ccc(-c2nc(-c3cc(-n4c5ccccc5c5ccccc54)cc(-n4c5ccccc5c5ccccc54)c3)cc(-c3cc4ccccc4s3)n2)cc1. The Bertz CT molecular complexity index is 2910. The molecule has 0 aliphatic heterocycles. The van der Waals surface area contributed by atoms with Crippen LogP contribution in [0.1, 0.15) is 0 Å². The lowest BCUT2D eigenvalue weighted by Crippen LogP contribution is -2.01. The standard InChI is InChI=1S/C48H30N4S/c1-2-14-31(15-3-1)48-49-40(30-41(50-48)47-28-32-16-4-13-25-46(32)53-47)33-26-34(51-42-21-9-5-17-36(42)37-18-6-10-22-43(37)51)29-35(27-33)52-44-23-11-7-19-38(44)39-20-8-12-24-45(39)52/h1-30H. The summed E-state index contributed by atoms with van der Waals surface area (Å²) in [6.07, 6.45) is 0. The second kappa shape index (κ2) is 11.9. The molecule has 0 aliphatic carbocycles. The third-order valence-electron chi connectivity index (χ3n) is 10.3. The summed E-state index contributed by atoms with van der Waals surface area (Å²) in [7, 11) is 0. The van der Waals surface area contributed by atoms with Crippen molar-refractivity contribution in [3.8, 4) is 44.6 Å². The second-order valence-electron chi connectivity index (χ2n) is 13.5. The van der Waals surface area contributed by atoms with E-state index >= 15 is 0 Å². The minimum absolute atomic E-state index is 0.705. The Hall–Kier alpha value is -6.82. The van der Waals surface area contributed by atoms with Crippen molar-refractivity contribution < 1.29 is 0 Å². The van der Waals surface area contributed by atoms with E-state index in [9.17, 15) is 0 Å². The molecule has 0 radical (unpaired) electrons. The average molecular weight is 695 g/mol. The number of rotatable bonds is 5. The van der Waals surface area contributed by atoms with Crippen LogP contribution in [0, 0.1) is 0 Å². The highest BCUT2D eigenvalue weighted by Gasteiger charge is 2.19. The molecule has 0 atom stereocenters. The van der Waals surface area contributed by atoms with Crippen LogP contribution in [0.5, 0.6) is 0 Å². The molecule has 248 valence electrons. The maximum Gasteiger partial charge on any atom is 0.160 e. The first-order valence-corrected chi connectivity index (χ1v) is 18.6. The maximum absolute atomic E-state index is 5.32. The molecule has 4 aromatic heterocycles. The highest BCUT2D eigenvalue weighted by molar-refractivity contribution is 7.22. The first-order valence-electron chi connectivity index (χ1n) is 17.8. The van der Waals surface area contributed by atoms with Gasteiger partial charge in [0.1, 0.15) is 0 Å². The van der Waals surface area contributed by atoms with E-state index in [-0.39, 0.29) is 0 Å². The molecule has 0 spiro atoms. The maximum atomic E-state index is 5.32. The van der Waals surface area contributed by atoms with E-state index in [0.717, 1.165) is 60.8 Å². The van der Waals surface area contributed by atoms with Crippen LogP contribution in [-0.4, -0.2) is 19.1 Å². The van der Waals surface area contributed by atoms with Crippen LogP contribution in [0.4, 0.5) is 0 Å². The quantitative estimate of drug-likeness (QED) is 0.180. The zero-order valence-electron chi connectivity index (χ0n) is 28.5. The molecule has 0 unspecified atom stereocenters. The van der Waals surface area contributed by atoms with Crippen LogP contribution in [0.15, 0.2) is 182 Å². The van der Waals surface area contributed by atoms with Crippen LogP contribution in [-0.2, 0) is 0 Å². The van der Waals surface area contributed by atoms with Gasteiger partial charge in [0.05, 0.1) is 38.3 Å². The third kappa shape index (κ3) is 4.82. The average Bonchev–Trinajstić information content (AvgIpc) is 3.91. The van der Waals surface area contributed by atoms with Crippen molar-refractivity contribution in [2.75, 3.05) is 0 Å². The smallest absolute Gasteiger partial charge is 0.160 e. The fourth-order valence-electron chi connectivity index (χ4n) is 7.95. The normalized spacial score (nSPS) is 11.8. The van der Waals surface area contributed by atoms with Gasteiger partial charge in [-0.2, -0.15) is 0 Å². The second-order valence-corrected chi connectivity index (χ2v) is 14.5. The predicted molar refractivity (Wildman–Crippen MR) is 222 cm³/mol. The number of benzene rings is 7. The number of hydrogen-bond acceptors (Lipinski definition) is 3. The molecule has 0 fully saturated rings. The Morgan fingerprint density at radius 3 is 1.40 bits per heavy atom. The monoisotopic (exact) mass is 694 g/mol. The highest BCUT2D eigenvalue weighted by Crippen LogP contribution is 2.39. The van der Waals surface area contributed by atoms with Gasteiger partial charge in [-0.25, -0.2) is 9.97 Å². The summed E-state index contributed by atoms with van der Waals surface area (Å²) in [5.41, 5.74) is 10.6. The molecule has 0 bridgehead atoms. The number of para-hydroxylation sites is 4. The summed E-state index contributed by atoms with van der Waals surface area (Å²) in [5.74, 6) is 0.705. The molecule has 0 N–H and O–H groups in total. The van der Waals surface area contributed by atoms with Crippen molar-refractivity contribution in [2.24, 2.45) is 0 Å². The van der Waals surface area contributed by atoms with Gasteiger partial charge in [0.25, 0.3) is 0 Å². The predicted octanol–water partition coefficient (Wildman–Crippen LogP) is 12.9. The number of aromatic nitrogens is 4. The summed E-state index contributed by atoms with van der Waals surface area (Å²) < 4.78 is 6.04. The van der Waals surface area contributed by atoms with Crippen LogP contribution in [0.2, 0.25) is 0 Å². The lowest BCUT2D eigenvalue weighted by atomic mass is 10.1. The molecule has 11 rings (SSSR count). The van der Waals surface area contributed by atoms with Crippen LogP contribution >= 0.6 is 11.3 Å². The molecule has 4 nitrogen and oxygen atoms in total. The van der Waals surface area contributed by atoms with Crippen molar-refractivity contribution in [2.45, 2.75) is 0 Å². The van der Waals surface area contributed by atoms with Gasteiger partial charge >= 0.3 is 0 Å². The molecule has 0 amide bonds. The van der Waals surface area contributed by atoms with Gasteiger partial charge in [0.2, 0.25) is 0 Å². The minimum Gasteiger partial charge on any atom is -0.309 e. The zero-order valence-corrected chi connectivity index (χ0v) is 29.3. The van der Waals surface area contributed by atoms with Gasteiger partial charge in [-0.1, -0.05) is 121 Å². The van der Waals surface area contributed by atoms with E-state index in [1.165, 1.54) is 31.6 Å². The van der Waals surface area contributed by atoms with Crippen molar-refractivity contribution in [1.82, 2.24) is 19.1 Å². The molecule has 0 saturated carbocycles. The molecule has 7 aromatic carbocycles. The molecule has 11 aromatic rings. The number of nitrogens with zero attached hydrogens (tertiary/aromatic N) is 4. The zero-order chi connectivity index (χ0) is 34.9. The topological polar surface area (TPSA) is 35.6 Å². The van der Waals surface area contributed by atoms with Crippen molar-refractivity contribution in [1.29, 1.82) is 0 Å². The molecule has 4 heterocycles. The summed E-state index contributed by atoms with van der Waals surface area (Å²) in [6, 6.07) is 65.0. The van der Waals surface area contributed by atoms with Crippen molar-refractivity contribution in [3.05, 3.63) is 182 Å². The van der Waals surface area contributed by atoms with Gasteiger partial charge in [0, 0.05) is 48.7 Å². The first-order chi connectivity index (χ1) is 26.3. The van der Waals surface area contributed by atoms with E-state index in [1.807, 2.05) is 18.2 Å². The van der Waals surface area contributed by atoms with Crippen LogP contribution < -0.4 is 0 Å². The third-order valence-corrected chi connectivity index (χ3v) is 11.4. The molecule has 0 saturated heterocycles. The number of fused-ring (bicyclic) bond motifs is 7. The Labute approximate surface area is 309 Å². The van der Waals surface area contributed by atoms with E-state index in [4.69, 9.17) is 9.97 Å². The molecule has 53 heavy (non-hydrogen) atoms. The van der Waals surface area contributed by atoms with Gasteiger partial charge < -0.3 is 9.13 Å². The van der Waals surface area contributed by atoms with E-state index in [2.05, 4.69) is 173 Å².